The van der Waals surface area contributed by atoms with Crippen LogP contribution in [0.15, 0.2) is 12.1 Å². The van der Waals surface area contributed by atoms with E-state index in [0.29, 0.717) is 13.2 Å². The quantitative estimate of drug-likeness (QED) is 0.656. The summed E-state index contributed by atoms with van der Waals surface area (Å²) in [4.78, 5) is 0. The Hall–Kier alpha value is -0.860. The van der Waals surface area contributed by atoms with Crippen molar-refractivity contribution in [1.82, 2.24) is 0 Å². The average Bonchev–Trinajstić information content (AvgIpc) is 2.09. The Morgan fingerprint density at radius 1 is 1.31 bits per heavy atom. The second-order valence-electron chi connectivity index (χ2n) is 3.76. The van der Waals surface area contributed by atoms with Crippen LogP contribution in [0, 0.1) is 13.8 Å². The van der Waals surface area contributed by atoms with Gasteiger partial charge in [-0.3, -0.25) is 0 Å². The SMILES string of the molecule is Cc1cc2c(cc1C)C(N)COC2. The molecule has 0 amide bonds. The largest absolute Gasteiger partial charge is 0.375 e. The predicted molar refractivity (Wildman–Crippen MR) is 52.5 cm³/mol. The van der Waals surface area contributed by atoms with E-state index in [1.165, 1.54) is 22.3 Å². The third-order valence-corrected chi connectivity index (χ3v) is 2.71. The Morgan fingerprint density at radius 2 is 2.00 bits per heavy atom. The lowest BCUT2D eigenvalue weighted by Crippen LogP contribution is -2.23. The summed E-state index contributed by atoms with van der Waals surface area (Å²) in [6.07, 6.45) is 0. The molecule has 1 aromatic rings. The monoisotopic (exact) mass is 177 g/mol. The van der Waals surface area contributed by atoms with Gasteiger partial charge in [0, 0.05) is 0 Å². The van der Waals surface area contributed by atoms with E-state index in [1.54, 1.807) is 0 Å². The lowest BCUT2D eigenvalue weighted by atomic mass is 9.94. The van der Waals surface area contributed by atoms with Crippen molar-refractivity contribution in [3.05, 3.63) is 34.4 Å². The number of rotatable bonds is 0. The van der Waals surface area contributed by atoms with Gasteiger partial charge in [0.25, 0.3) is 0 Å². The molecule has 2 rings (SSSR count). The number of aryl methyl sites for hydroxylation is 2. The lowest BCUT2D eigenvalue weighted by Gasteiger charge is -2.23. The van der Waals surface area contributed by atoms with Gasteiger partial charge in [0.15, 0.2) is 0 Å². The molecule has 1 unspecified atom stereocenters. The van der Waals surface area contributed by atoms with Gasteiger partial charge in [0.2, 0.25) is 0 Å². The lowest BCUT2D eigenvalue weighted by molar-refractivity contribution is 0.0923. The van der Waals surface area contributed by atoms with E-state index in [-0.39, 0.29) is 6.04 Å². The van der Waals surface area contributed by atoms with E-state index in [2.05, 4.69) is 26.0 Å². The molecule has 0 bridgehead atoms. The molecule has 2 N–H and O–H groups in total. The van der Waals surface area contributed by atoms with Crippen LogP contribution >= 0.6 is 0 Å². The van der Waals surface area contributed by atoms with Gasteiger partial charge in [-0.25, -0.2) is 0 Å². The van der Waals surface area contributed by atoms with Crippen LogP contribution < -0.4 is 5.73 Å². The zero-order valence-electron chi connectivity index (χ0n) is 8.13. The van der Waals surface area contributed by atoms with Crippen molar-refractivity contribution in [2.45, 2.75) is 26.5 Å². The summed E-state index contributed by atoms with van der Waals surface area (Å²) in [5, 5.41) is 0. The molecule has 70 valence electrons. The molecule has 0 saturated carbocycles. The van der Waals surface area contributed by atoms with Gasteiger partial charge in [-0.1, -0.05) is 12.1 Å². The first-order valence-electron chi connectivity index (χ1n) is 4.62. The van der Waals surface area contributed by atoms with Gasteiger partial charge < -0.3 is 10.5 Å². The summed E-state index contributed by atoms with van der Waals surface area (Å²) >= 11 is 0. The Labute approximate surface area is 78.7 Å². The third-order valence-electron chi connectivity index (χ3n) is 2.71. The van der Waals surface area contributed by atoms with Crippen LogP contribution in [-0.4, -0.2) is 6.61 Å². The maximum atomic E-state index is 5.94. The van der Waals surface area contributed by atoms with Gasteiger partial charge in [0.05, 0.1) is 19.3 Å². The Balaban J connectivity index is 2.52. The Kier molecular flexibility index (Phi) is 2.10. The normalized spacial score (nSPS) is 21.3. The van der Waals surface area contributed by atoms with Crippen LogP contribution in [-0.2, 0) is 11.3 Å². The zero-order chi connectivity index (χ0) is 9.42. The summed E-state index contributed by atoms with van der Waals surface area (Å²) in [7, 11) is 0. The van der Waals surface area contributed by atoms with Gasteiger partial charge in [-0.2, -0.15) is 0 Å². The van der Waals surface area contributed by atoms with E-state index < -0.39 is 0 Å². The minimum atomic E-state index is 0.0584. The predicted octanol–water partition coefficient (Wildman–Crippen LogP) is 1.83. The number of ether oxygens (including phenoxy) is 1. The van der Waals surface area contributed by atoms with Crippen molar-refractivity contribution < 1.29 is 4.74 Å². The number of benzene rings is 1. The Bertz CT molecular complexity index is 333. The van der Waals surface area contributed by atoms with Crippen LogP contribution in [0.2, 0.25) is 0 Å². The molecule has 0 aromatic heterocycles. The third kappa shape index (κ3) is 1.47. The molecule has 13 heavy (non-hydrogen) atoms. The van der Waals surface area contributed by atoms with Crippen LogP contribution in [0.25, 0.3) is 0 Å². The van der Waals surface area contributed by atoms with Crippen LogP contribution in [0.4, 0.5) is 0 Å². The van der Waals surface area contributed by atoms with E-state index in [0.717, 1.165) is 0 Å². The van der Waals surface area contributed by atoms with Crippen molar-refractivity contribution in [2.24, 2.45) is 5.73 Å². The fraction of sp³-hybridized carbons (Fsp3) is 0.455. The molecule has 0 saturated heterocycles. The highest BCUT2D eigenvalue weighted by Crippen LogP contribution is 2.25. The first-order valence-corrected chi connectivity index (χ1v) is 4.62. The molecular formula is C11H15NO. The number of hydrogen-bond acceptors (Lipinski definition) is 2. The highest BCUT2D eigenvalue weighted by Gasteiger charge is 2.17. The van der Waals surface area contributed by atoms with Crippen molar-refractivity contribution in [2.75, 3.05) is 6.61 Å². The molecule has 0 spiro atoms. The molecule has 1 heterocycles. The van der Waals surface area contributed by atoms with Crippen molar-refractivity contribution >= 4 is 0 Å². The highest BCUT2D eigenvalue weighted by atomic mass is 16.5. The van der Waals surface area contributed by atoms with Gasteiger partial charge in [-0.05, 0) is 36.1 Å². The Morgan fingerprint density at radius 3 is 2.77 bits per heavy atom. The minimum absolute atomic E-state index is 0.0584. The van der Waals surface area contributed by atoms with Gasteiger partial charge in [0.1, 0.15) is 0 Å². The van der Waals surface area contributed by atoms with E-state index in [1.807, 2.05) is 0 Å². The summed E-state index contributed by atoms with van der Waals surface area (Å²) < 4.78 is 5.38. The number of hydrogen-bond donors (Lipinski definition) is 1. The summed E-state index contributed by atoms with van der Waals surface area (Å²) in [5.41, 5.74) is 11.1. The number of nitrogens with two attached hydrogens (primary N) is 1. The smallest absolute Gasteiger partial charge is 0.0721 e. The van der Waals surface area contributed by atoms with Crippen LogP contribution in [0.3, 0.4) is 0 Å². The zero-order valence-corrected chi connectivity index (χ0v) is 8.13. The summed E-state index contributed by atoms with van der Waals surface area (Å²) in [6, 6.07) is 4.43. The molecule has 1 aliphatic rings. The molecule has 2 nitrogen and oxygen atoms in total. The van der Waals surface area contributed by atoms with Gasteiger partial charge in [-0.15, -0.1) is 0 Å². The fourth-order valence-electron chi connectivity index (χ4n) is 1.75. The maximum Gasteiger partial charge on any atom is 0.0721 e. The number of fused-ring (bicyclic) bond motifs is 1. The molecular weight excluding hydrogens is 162 g/mol. The first-order chi connectivity index (χ1) is 6.18. The molecule has 0 aliphatic carbocycles. The minimum Gasteiger partial charge on any atom is -0.375 e. The summed E-state index contributed by atoms with van der Waals surface area (Å²) in [6.45, 7) is 5.60. The van der Waals surface area contributed by atoms with Crippen molar-refractivity contribution in [3.8, 4) is 0 Å². The molecule has 1 aromatic carbocycles. The second kappa shape index (κ2) is 3.13. The van der Waals surface area contributed by atoms with Crippen molar-refractivity contribution in [3.63, 3.8) is 0 Å². The fourth-order valence-corrected chi connectivity index (χ4v) is 1.75. The molecule has 1 atom stereocenters. The van der Waals surface area contributed by atoms with Crippen LogP contribution in [0.1, 0.15) is 28.3 Å². The molecule has 0 fully saturated rings. The second-order valence-corrected chi connectivity index (χ2v) is 3.76. The van der Waals surface area contributed by atoms with E-state index in [4.69, 9.17) is 10.5 Å². The topological polar surface area (TPSA) is 35.2 Å². The van der Waals surface area contributed by atoms with E-state index in [9.17, 15) is 0 Å². The maximum absolute atomic E-state index is 5.94. The first kappa shape index (κ1) is 8.73. The van der Waals surface area contributed by atoms with E-state index >= 15 is 0 Å². The summed E-state index contributed by atoms with van der Waals surface area (Å²) in [5.74, 6) is 0. The van der Waals surface area contributed by atoms with Crippen LogP contribution in [0.5, 0.6) is 0 Å². The molecule has 0 radical (unpaired) electrons. The molecule has 2 heteroatoms. The van der Waals surface area contributed by atoms with Crippen molar-refractivity contribution in [1.29, 1.82) is 0 Å². The highest BCUT2D eigenvalue weighted by molar-refractivity contribution is 5.39. The van der Waals surface area contributed by atoms with Gasteiger partial charge >= 0.3 is 0 Å². The average molecular weight is 177 g/mol. The molecule has 1 aliphatic heterocycles. The standard InChI is InChI=1S/C11H15NO/c1-7-3-9-5-13-6-11(12)10(9)4-8(7)2/h3-4,11H,5-6,12H2,1-2H3.